The Kier molecular flexibility index (Phi) is 25.9. The van der Waals surface area contributed by atoms with Gasteiger partial charge in [-0.05, 0) is 25.9 Å². The summed E-state index contributed by atoms with van der Waals surface area (Å²) in [5, 5.41) is 3.63. The smallest absolute Gasteiger partial charge is 0.00489 e. The van der Waals surface area contributed by atoms with E-state index in [1.165, 1.54) is 154 Å². The van der Waals surface area contributed by atoms with Gasteiger partial charge in [-0.3, -0.25) is 0 Å². The van der Waals surface area contributed by atoms with Crippen LogP contribution in [0.2, 0.25) is 0 Å². The van der Waals surface area contributed by atoms with E-state index in [4.69, 9.17) is 0 Å². The number of rotatable bonds is 24. The van der Waals surface area contributed by atoms with Crippen LogP contribution >= 0.6 is 0 Å². The Morgan fingerprint density at radius 3 is 0.778 bits per heavy atom. The van der Waals surface area contributed by atoms with E-state index in [2.05, 4.69) is 19.2 Å². The van der Waals surface area contributed by atoms with Gasteiger partial charge in [-0.15, -0.1) is 0 Å². The average molecular weight is 382 g/mol. The van der Waals surface area contributed by atoms with Crippen LogP contribution in [-0.2, 0) is 0 Å². The second-order valence-corrected chi connectivity index (χ2v) is 8.82. The van der Waals surface area contributed by atoms with E-state index < -0.39 is 0 Å². The van der Waals surface area contributed by atoms with Gasteiger partial charge < -0.3 is 5.32 Å². The van der Waals surface area contributed by atoms with Crippen LogP contribution in [-0.4, -0.2) is 13.1 Å². The first-order valence-electron chi connectivity index (χ1n) is 13.1. The molecular weight excluding hydrogens is 326 g/mol. The molecule has 0 rings (SSSR count). The zero-order valence-corrected chi connectivity index (χ0v) is 19.5. The highest BCUT2D eigenvalue weighted by Gasteiger charge is 1.95. The lowest BCUT2D eigenvalue weighted by molar-refractivity contribution is 0.521. The zero-order chi connectivity index (χ0) is 19.7. The summed E-state index contributed by atoms with van der Waals surface area (Å²) in [4.78, 5) is 0. The molecule has 0 fully saturated rings. The third kappa shape index (κ3) is 26.0. The van der Waals surface area contributed by atoms with Gasteiger partial charge in [0.15, 0.2) is 0 Å². The Bertz CT molecular complexity index is 214. The molecule has 0 amide bonds. The fourth-order valence-corrected chi connectivity index (χ4v) is 3.95. The number of hydrogen-bond acceptors (Lipinski definition) is 1. The number of hydrogen-bond donors (Lipinski definition) is 1. The van der Waals surface area contributed by atoms with Crippen LogP contribution in [0.5, 0.6) is 0 Å². The average Bonchev–Trinajstić information content (AvgIpc) is 2.68. The predicted molar refractivity (Wildman–Crippen MR) is 126 cm³/mol. The van der Waals surface area contributed by atoms with E-state index in [1.54, 1.807) is 0 Å². The standard InChI is InChI=1S/C26H55N/c1-3-5-7-9-11-12-13-14-15-16-17-18-19-20-22-24-26-27-25-23-21-10-8-6-4-2/h27H,3-26H2,1-2H3. The second kappa shape index (κ2) is 26.0. The van der Waals surface area contributed by atoms with E-state index in [0.29, 0.717) is 0 Å². The molecule has 0 unspecified atom stereocenters. The molecule has 0 atom stereocenters. The summed E-state index contributed by atoms with van der Waals surface area (Å²) in [6, 6.07) is 0. The van der Waals surface area contributed by atoms with Crippen molar-refractivity contribution >= 4 is 0 Å². The molecule has 0 spiro atoms. The normalized spacial score (nSPS) is 11.3. The van der Waals surface area contributed by atoms with Gasteiger partial charge in [0.05, 0.1) is 0 Å². The van der Waals surface area contributed by atoms with E-state index in [9.17, 15) is 0 Å². The maximum Gasteiger partial charge on any atom is -0.00489 e. The lowest BCUT2D eigenvalue weighted by Crippen LogP contribution is -2.16. The molecule has 1 heteroatoms. The predicted octanol–water partition coefficient (Wildman–Crippen LogP) is 9.20. The monoisotopic (exact) mass is 381 g/mol. The molecule has 27 heavy (non-hydrogen) atoms. The third-order valence-corrected chi connectivity index (χ3v) is 5.91. The quantitative estimate of drug-likeness (QED) is 0.164. The van der Waals surface area contributed by atoms with Gasteiger partial charge in [-0.1, -0.05) is 142 Å². The van der Waals surface area contributed by atoms with Crippen LogP contribution in [0.3, 0.4) is 0 Å². The number of unbranched alkanes of at least 4 members (excludes halogenated alkanes) is 20. The molecule has 0 aliphatic heterocycles. The van der Waals surface area contributed by atoms with Crippen LogP contribution in [0, 0.1) is 0 Å². The minimum atomic E-state index is 1.24. The topological polar surface area (TPSA) is 12.0 Å². The van der Waals surface area contributed by atoms with Gasteiger partial charge in [0.1, 0.15) is 0 Å². The van der Waals surface area contributed by atoms with E-state index >= 15 is 0 Å². The molecule has 0 aliphatic carbocycles. The molecule has 0 radical (unpaired) electrons. The summed E-state index contributed by atoms with van der Waals surface area (Å²) in [6.07, 6.45) is 31.8. The lowest BCUT2D eigenvalue weighted by atomic mass is 10.0. The third-order valence-electron chi connectivity index (χ3n) is 5.91. The minimum absolute atomic E-state index is 1.24. The fraction of sp³-hybridized carbons (Fsp3) is 1.00. The molecule has 0 saturated carbocycles. The van der Waals surface area contributed by atoms with Crippen LogP contribution < -0.4 is 5.32 Å². The Balaban J connectivity index is 2.95. The van der Waals surface area contributed by atoms with Crippen LogP contribution in [0.25, 0.3) is 0 Å². The summed E-state index contributed by atoms with van der Waals surface area (Å²) in [5.41, 5.74) is 0. The lowest BCUT2D eigenvalue weighted by Gasteiger charge is -2.05. The van der Waals surface area contributed by atoms with Gasteiger partial charge in [0.2, 0.25) is 0 Å². The van der Waals surface area contributed by atoms with Crippen molar-refractivity contribution in [3.8, 4) is 0 Å². The molecule has 0 aromatic carbocycles. The van der Waals surface area contributed by atoms with Gasteiger partial charge in [0.25, 0.3) is 0 Å². The van der Waals surface area contributed by atoms with Gasteiger partial charge >= 0.3 is 0 Å². The first kappa shape index (κ1) is 27.0. The highest BCUT2D eigenvalue weighted by Crippen LogP contribution is 2.13. The van der Waals surface area contributed by atoms with Crippen molar-refractivity contribution in [1.82, 2.24) is 5.32 Å². The molecule has 1 N–H and O–H groups in total. The molecule has 0 aromatic heterocycles. The van der Waals surface area contributed by atoms with Crippen molar-refractivity contribution in [2.45, 2.75) is 155 Å². The molecule has 0 aliphatic rings. The molecule has 0 saturated heterocycles. The maximum atomic E-state index is 3.63. The Morgan fingerprint density at radius 2 is 0.519 bits per heavy atom. The second-order valence-electron chi connectivity index (χ2n) is 8.82. The van der Waals surface area contributed by atoms with Crippen molar-refractivity contribution in [1.29, 1.82) is 0 Å². The number of nitrogens with one attached hydrogen (secondary N) is 1. The molecule has 1 nitrogen and oxygen atoms in total. The first-order chi connectivity index (χ1) is 13.4. The van der Waals surface area contributed by atoms with Crippen LogP contribution in [0.15, 0.2) is 0 Å². The Labute approximate surface area is 173 Å². The first-order valence-corrected chi connectivity index (χ1v) is 13.1. The van der Waals surface area contributed by atoms with Gasteiger partial charge in [0, 0.05) is 0 Å². The summed E-state index contributed by atoms with van der Waals surface area (Å²) in [6.45, 7) is 7.08. The van der Waals surface area contributed by atoms with Gasteiger partial charge in [-0.2, -0.15) is 0 Å². The van der Waals surface area contributed by atoms with E-state index in [1.807, 2.05) is 0 Å². The fourth-order valence-electron chi connectivity index (χ4n) is 3.95. The summed E-state index contributed by atoms with van der Waals surface area (Å²) >= 11 is 0. The highest BCUT2D eigenvalue weighted by atomic mass is 14.8. The molecule has 164 valence electrons. The van der Waals surface area contributed by atoms with Crippen molar-refractivity contribution in [2.24, 2.45) is 0 Å². The van der Waals surface area contributed by atoms with Crippen molar-refractivity contribution in [3.63, 3.8) is 0 Å². The molecular formula is C26H55N. The van der Waals surface area contributed by atoms with Crippen LogP contribution in [0.4, 0.5) is 0 Å². The Hall–Kier alpha value is -0.0400. The van der Waals surface area contributed by atoms with E-state index in [-0.39, 0.29) is 0 Å². The van der Waals surface area contributed by atoms with Crippen molar-refractivity contribution in [2.75, 3.05) is 13.1 Å². The SMILES string of the molecule is CCCCCCCCCCCCCCCCCCNCCCCCCCC. The molecule has 0 heterocycles. The highest BCUT2D eigenvalue weighted by molar-refractivity contribution is 4.53. The van der Waals surface area contributed by atoms with Crippen molar-refractivity contribution < 1.29 is 0 Å². The molecule has 0 bridgehead atoms. The zero-order valence-electron chi connectivity index (χ0n) is 19.5. The maximum absolute atomic E-state index is 3.63. The summed E-state index contributed by atoms with van der Waals surface area (Å²) in [7, 11) is 0. The minimum Gasteiger partial charge on any atom is -0.317 e. The van der Waals surface area contributed by atoms with Crippen LogP contribution in [0.1, 0.15) is 155 Å². The molecule has 0 aromatic rings. The van der Waals surface area contributed by atoms with Gasteiger partial charge in [-0.25, -0.2) is 0 Å². The van der Waals surface area contributed by atoms with Crippen molar-refractivity contribution in [3.05, 3.63) is 0 Å². The largest absolute Gasteiger partial charge is 0.317 e. The van der Waals surface area contributed by atoms with E-state index in [0.717, 1.165) is 0 Å². The summed E-state index contributed by atoms with van der Waals surface area (Å²) < 4.78 is 0. The Morgan fingerprint density at radius 1 is 0.296 bits per heavy atom. The summed E-state index contributed by atoms with van der Waals surface area (Å²) in [5.74, 6) is 0.